The molecule has 3 nitrogen and oxygen atoms in total. The summed E-state index contributed by atoms with van der Waals surface area (Å²) in [6.07, 6.45) is 0.967. The smallest absolute Gasteiger partial charge is 0.121 e. The molecule has 0 amide bonds. The number of benzene rings is 1. The Morgan fingerprint density at radius 3 is 2.70 bits per heavy atom. The molecule has 4 heteroatoms. The maximum atomic E-state index is 6.19. The van der Waals surface area contributed by atoms with E-state index in [9.17, 15) is 0 Å². The van der Waals surface area contributed by atoms with Gasteiger partial charge in [0.1, 0.15) is 10.8 Å². The lowest BCUT2D eigenvalue weighted by molar-refractivity contribution is 0.412. The van der Waals surface area contributed by atoms with Gasteiger partial charge in [0.2, 0.25) is 0 Å². The van der Waals surface area contributed by atoms with E-state index >= 15 is 0 Å². The Morgan fingerprint density at radius 1 is 1.35 bits per heavy atom. The average Bonchev–Trinajstić information content (AvgIpc) is 2.87. The Hall–Kier alpha value is -1.39. The number of rotatable bonds is 5. The number of hydrogen-bond donors (Lipinski definition) is 1. The fourth-order valence-electron chi connectivity index (χ4n) is 2.24. The Labute approximate surface area is 124 Å². The molecule has 2 rings (SSSR count). The first-order chi connectivity index (χ1) is 9.51. The predicted octanol–water partition coefficient (Wildman–Crippen LogP) is 4.17. The van der Waals surface area contributed by atoms with Gasteiger partial charge in [0.25, 0.3) is 0 Å². The fraction of sp³-hybridized carbons (Fsp3) is 0.438. The van der Waals surface area contributed by atoms with Crippen molar-refractivity contribution >= 4 is 11.3 Å². The van der Waals surface area contributed by atoms with Crippen molar-refractivity contribution in [3.8, 4) is 17.0 Å². The highest BCUT2D eigenvalue weighted by Gasteiger charge is 2.13. The highest BCUT2D eigenvalue weighted by atomic mass is 32.1. The van der Waals surface area contributed by atoms with Crippen molar-refractivity contribution in [1.82, 2.24) is 4.98 Å². The maximum Gasteiger partial charge on any atom is 0.121 e. The van der Waals surface area contributed by atoms with E-state index in [0.717, 1.165) is 34.0 Å². The summed E-state index contributed by atoms with van der Waals surface area (Å²) in [4.78, 5) is 4.68. The first-order valence-electron chi connectivity index (χ1n) is 6.87. The minimum Gasteiger partial charge on any atom is -0.496 e. The summed E-state index contributed by atoms with van der Waals surface area (Å²) >= 11 is 1.64. The molecule has 2 N–H and O–H groups in total. The second-order valence-electron chi connectivity index (χ2n) is 5.49. The van der Waals surface area contributed by atoms with E-state index < -0.39 is 0 Å². The molecule has 1 aromatic heterocycles. The third-order valence-electron chi connectivity index (χ3n) is 3.26. The Kier molecular flexibility index (Phi) is 4.78. The van der Waals surface area contributed by atoms with Crippen LogP contribution in [0.25, 0.3) is 11.3 Å². The van der Waals surface area contributed by atoms with Crippen LogP contribution in [0.5, 0.6) is 5.75 Å². The van der Waals surface area contributed by atoms with Crippen LogP contribution in [0, 0.1) is 12.8 Å². The summed E-state index contributed by atoms with van der Waals surface area (Å²) in [6.45, 7) is 6.41. The van der Waals surface area contributed by atoms with Crippen molar-refractivity contribution < 1.29 is 4.74 Å². The average molecular weight is 290 g/mol. The second-order valence-corrected chi connectivity index (χ2v) is 6.38. The molecule has 0 saturated carbocycles. The Balaban J connectivity index is 2.22. The van der Waals surface area contributed by atoms with Gasteiger partial charge in [-0.1, -0.05) is 13.8 Å². The molecule has 0 radical (unpaired) electrons. The van der Waals surface area contributed by atoms with Gasteiger partial charge >= 0.3 is 0 Å². The third-order valence-corrected chi connectivity index (χ3v) is 4.23. The van der Waals surface area contributed by atoms with Gasteiger partial charge in [-0.2, -0.15) is 0 Å². The summed E-state index contributed by atoms with van der Waals surface area (Å²) in [7, 11) is 1.69. The van der Waals surface area contributed by atoms with Gasteiger partial charge in [0.15, 0.2) is 0 Å². The molecule has 0 fully saturated rings. The zero-order valence-electron chi connectivity index (χ0n) is 12.5. The zero-order valence-corrected chi connectivity index (χ0v) is 13.3. The summed E-state index contributed by atoms with van der Waals surface area (Å²) in [5.41, 5.74) is 9.42. The molecule has 2 aromatic rings. The second kappa shape index (κ2) is 6.37. The number of ether oxygens (including phenoxy) is 1. The van der Waals surface area contributed by atoms with Gasteiger partial charge < -0.3 is 10.5 Å². The van der Waals surface area contributed by atoms with E-state index in [1.54, 1.807) is 18.4 Å². The molecule has 0 aliphatic carbocycles. The number of nitrogens with two attached hydrogens (primary N) is 1. The van der Waals surface area contributed by atoms with Crippen molar-refractivity contribution in [1.29, 1.82) is 0 Å². The first-order valence-corrected chi connectivity index (χ1v) is 7.75. The summed E-state index contributed by atoms with van der Waals surface area (Å²) in [6, 6.07) is 6.16. The van der Waals surface area contributed by atoms with Crippen LogP contribution in [0.1, 0.15) is 36.9 Å². The molecule has 0 aliphatic heterocycles. The molecule has 0 saturated heterocycles. The monoisotopic (exact) mass is 290 g/mol. The molecular formula is C16H22N2OS. The van der Waals surface area contributed by atoms with Crippen LogP contribution in [-0.2, 0) is 0 Å². The standard InChI is InChI=1S/C16H22N2OS/c1-10(2)7-13(17)16-18-14(9-20-16)12-5-6-15(19-4)11(3)8-12/h5-6,8-10,13H,7,17H2,1-4H3. The first kappa shape index (κ1) is 15.0. The van der Waals surface area contributed by atoms with Crippen molar-refractivity contribution in [2.45, 2.75) is 33.2 Å². The molecule has 20 heavy (non-hydrogen) atoms. The van der Waals surface area contributed by atoms with Gasteiger partial charge in [-0.3, -0.25) is 0 Å². The van der Waals surface area contributed by atoms with Crippen LogP contribution in [-0.4, -0.2) is 12.1 Å². The van der Waals surface area contributed by atoms with E-state index in [1.165, 1.54) is 0 Å². The normalized spacial score (nSPS) is 12.7. The highest BCUT2D eigenvalue weighted by Crippen LogP contribution is 2.29. The summed E-state index contributed by atoms with van der Waals surface area (Å²) in [5, 5.41) is 3.10. The molecule has 0 bridgehead atoms. The molecule has 1 atom stereocenters. The quantitative estimate of drug-likeness (QED) is 0.899. The van der Waals surface area contributed by atoms with Gasteiger partial charge in [-0.15, -0.1) is 11.3 Å². The van der Waals surface area contributed by atoms with Crippen LogP contribution >= 0.6 is 11.3 Å². The van der Waals surface area contributed by atoms with Crippen molar-refractivity contribution in [3.05, 3.63) is 34.2 Å². The Morgan fingerprint density at radius 2 is 2.10 bits per heavy atom. The van der Waals surface area contributed by atoms with Crippen LogP contribution in [0.15, 0.2) is 23.6 Å². The van der Waals surface area contributed by atoms with Crippen LogP contribution < -0.4 is 10.5 Å². The topological polar surface area (TPSA) is 48.1 Å². The number of nitrogens with zero attached hydrogens (tertiary/aromatic N) is 1. The molecule has 0 spiro atoms. The van der Waals surface area contributed by atoms with Crippen LogP contribution in [0.4, 0.5) is 0 Å². The van der Waals surface area contributed by atoms with Crippen LogP contribution in [0.2, 0.25) is 0 Å². The highest BCUT2D eigenvalue weighted by molar-refractivity contribution is 7.10. The van der Waals surface area contributed by atoms with E-state index in [0.29, 0.717) is 5.92 Å². The van der Waals surface area contributed by atoms with Crippen molar-refractivity contribution in [2.24, 2.45) is 11.7 Å². The van der Waals surface area contributed by atoms with Gasteiger partial charge in [-0.25, -0.2) is 4.98 Å². The van der Waals surface area contributed by atoms with E-state index in [4.69, 9.17) is 10.5 Å². The zero-order chi connectivity index (χ0) is 14.7. The molecule has 1 unspecified atom stereocenters. The predicted molar refractivity (Wildman–Crippen MR) is 85.2 cm³/mol. The summed E-state index contributed by atoms with van der Waals surface area (Å²) < 4.78 is 5.29. The minimum absolute atomic E-state index is 0.0353. The molecular weight excluding hydrogens is 268 g/mol. The number of methoxy groups -OCH3 is 1. The minimum atomic E-state index is 0.0353. The largest absolute Gasteiger partial charge is 0.496 e. The lowest BCUT2D eigenvalue weighted by atomic mass is 10.1. The summed E-state index contributed by atoms with van der Waals surface area (Å²) in [5.74, 6) is 1.49. The molecule has 0 aliphatic rings. The van der Waals surface area contributed by atoms with Crippen molar-refractivity contribution in [3.63, 3.8) is 0 Å². The number of hydrogen-bond acceptors (Lipinski definition) is 4. The van der Waals surface area contributed by atoms with Gasteiger partial charge in [-0.05, 0) is 43.0 Å². The van der Waals surface area contributed by atoms with Gasteiger partial charge in [0, 0.05) is 10.9 Å². The molecule has 108 valence electrons. The Bertz CT molecular complexity index is 578. The molecule has 1 aromatic carbocycles. The van der Waals surface area contributed by atoms with Crippen LogP contribution in [0.3, 0.4) is 0 Å². The van der Waals surface area contributed by atoms with Crippen molar-refractivity contribution in [2.75, 3.05) is 7.11 Å². The SMILES string of the molecule is COc1ccc(-c2csc(C(N)CC(C)C)n2)cc1C. The third kappa shape index (κ3) is 3.38. The number of aryl methyl sites for hydroxylation is 1. The number of aromatic nitrogens is 1. The number of thiazole rings is 1. The van der Waals surface area contributed by atoms with E-state index in [1.807, 2.05) is 19.1 Å². The lowest BCUT2D eigenvalue weighted by Gasteiger charge is -2.10. The fourth-order valence-corrected chi connectivity index (χ4v) is 3.08. The lowest BCUT2D eigenvalue weighted by Crippen LogP contribution is -2.12. The molecule has 1 heterocycles. The van der Waals surface area contributed by atoms with Gasteiger partial charge in [0.05, 0.1) is 18.8 Å². The maximum absolute atomic E-state index is 6.19. The van der Waals surface area contributed by atoms with E-state index in [2.05, 4.69) is 30.3 Å². The van der Waals surface area contributed by atoms with E-state index in [-0.39, 0.29) is 6.04 Å².